The minimum Gasteiger partial charge on any atom is -0.316 e. The van der Waals surface area contributed by atoms with Crippen LogP contribution in [-0.4, -0.2) is 23.6 Å². The van der Waals surface area contributed by atoms with Gasteiger partial charge >= 0.3 is 0 Å². The highest BCUT2D eigenvalue weighted by molar-refractivity contribution is 8.00. The standard InChI is InChI=1S/C12H25NS/c1-12(2,3)14-9-11(13-4)10-7-5-6-8-10/h10-11,13H,5-9H2,1-4H3. The lowest BCUT2D eigenvalue weighted by atomic mass is 10.0. The summed E-state index contributed by atoms with van der Waals surface area (Å²) in [7, 11) is 2.12. The van der Waals surface area contributed by atoms with Crippen molar-refractivity contribution < 1.29 is 0 Å². The Balaban J connectivity index is 2.31. The lowest BCUT2D eigenvalue weighted by Crippen LogP contribution is -2.35. The molecule has 0 aromatic rings. The maximum atomic E-state index is 3.50. The van der Waals surface area contributed by atoms with Gasteiger partial charge in [0.25, 0.3) is 0 Å². The van der Waals surface area contributed by atoms with Gasteiger partial charge in [0.15, 0.2) is 0 Å². The Morgan fingerprint density at radius 3 is 2.29 bits per heavy atom. The summed E-state index contributed by atoms with van der Waals surface area (Å²) in [6.07, 6.45) is 5.78. The summed E-state index contributed by atoms with van der Waals surface area (Å²) in [5, 5.41) is 3.50. The van der Waals surface area contributed by atoms with Crippen molar-refractivity contribution in [2.75, 3.05) is 12.8 Å². The van der Waals surface area contributed by atoms with Gasteiger partial charge in [0.1, 0.15) is 0 Å². The number of hydrogen-bond donors (Lipinski definition) is 1. The minimum atomic E-state index is 0.410. The van der Waals surface area contributed by atoms with E-state index in [0.717, 1.165) is 12.0 Å². The van der Waals surface area contributed by atoms with Crippen LogP contribution < -0.4 is 5.32 Å². The lowest BCUT2D eigenvalue weighted by molar-refractivity contribution is 0.409. The Hall–Kier alpha value is 0.310. The fourth-order valence-electron chi connectivity index (χ4n) is 2.15. The topological polar surface area (TPSA) is 12.0 Å². The molecule has 0 bridgehead atoms. The van der Waals surface area contributed by atoms with Gasteiger partial charge < -0.3 is 5.32 Å². The first-order chi connectivity index (χ1) is 6.53. The maximum absolute atomic E-state index is 3.50. The van der Waals surface area contributed by atoms with Crippen molar-refractivity contribution in [3.63, 3.8) is 0 Å². The zero-order chi connectivity index (χ0) is 10.6. The van der Waals surface area contributed by atoms with Gasteiger partial charge in [0.2, 0.25) is 0 Å². The molecule has 0 aromatic carbocycles. The second kappa shape index (κ2) is 5.41. The van der Waals surface area contributed by atoms with E-state index in [1.165, 1.54) is 31.4 Å². The smallest absolute Gasteiger partial charge is 0.0183 e. The minimum absolute atomic E-state index is 0.410. The third-order valence-electron chi connectivity index (χ3n) is 3.04. The van der Waals surface area contributed by atoms with Gasteiger partial charge in [0.05, 0.1) is 0 Å². The summed E-state index contributed by atoms with van der Waals surface area (Å²) in [5.74, 6) is 2.21. The van der Waals surface area contributed by atoms with Crippen molar-refractivity contribution in [1.29, 1.82) is 0 Å². The molecule has 0 radical (unpaired) electrons. The highest BCUT2D eigenvalue weighted by Crippen LogP contribution is 2.31. The van der Waals surface area contributed by atoms with E-state index in [1.807, 2.05) is 0 Å². The molecule has 1 atom stereocenters. The molecule has 2 heteroatoms. The summed E-state index contributed by atoms with van der Waals surface area (Å²) < 4.78 is 0.410. The highest BCUT2D eigenvalue weighted by Gasteiger charge is 2.25. The highest BCUT2D eigenvalue weighted by atomic mass is 32.2. The molecule has 1 rings (SSSR count). The second-order valence-corrected chi connectivity index (χ2v) is 7.21. The van der Waals surface area contributed by atoms with Crippen LogP contribution in [0.5, 0.6) is 0 Å². The third kappa shape index (κ3) is 4.22. The van der Waals surface area contributed by atoms with Crippen LogP contribution in [0.1, 0.15) is 46.5 Å². The van der Waals surface area contributed by atoms with E-state index >= 15 is 0 Å². The number of thioether (sulfide) groups is 1. The zero-order valence-corrected chi connectivity index (χ0v) is 10.9. The van der Waals surface area contributed by atoms with Gasteiger partial charge in [-0.05, 0) is 25.8 Å². The molecule has 1 saturated carbocycles. The first-order valence-electron chi connectivity index (χ1n) is 5.84. The van der Waals surface area contributed by atoms with Gasteiger partial charge in [0, 0.05) is 16.5 Å². The quantitative estimate of drug-likeness (QED) is 0.772. The zero-order valence-electron chi connectivity index (χ0n) is 10.1. The molecule has 1 fully saturated rings. The molecule has 1 nitrogen and oxygen atoms in total. The number of hydrogen-bond acceptors (Lipinski definition) is 2. The molecular weight excluding hydrogens is 190 g/mol. The molecule has 0 aromatic heterocycles. The normalized spacial score (nSPS) is 21.4. The van der Waals surface area contributed by atoms with Crippen molar-refractivity contribution >= 4 is 11.8 Å². The van der Waals surface area contributed by atoms with Crippen LogP contribution in [0.15, 0.2) is 0 Å². The van der Waals surface area contributed by atoms with Crippen LogP contribution in [-0.2, 0) is 0 Å². The lowest BCUT2D eigenvalue weighted by Gasteiger charge is -2.26. The summed E-state index contributed by atoms with van der Waals surface area (Å²) in [4.78, 5) is 0. The van der Waals surface area contributed by atoms with Crippen LogP contribution in [0.25, 0.3) is 0 Å². The van der Waals surface area contributed by atoms with E-state index in [1.54, 1.807) is 0 Å². The molecular formula is C12H25NS. The Morgan fingerprint density at radius 1 is 1.29 bits per heavy atom. The second-order valence-electron chi connectivity index (χ2n) is 5.36. The SMILES string of the molecule is CNC(CSC(C)(C)C)C1CCCC1. The average molecular weight is 215 g/mol. The van der Waals surface area contributed by atoms with Crippen LogP contribution in [0.3, 0.4) is 0 Å². The van der Waals surface area contributed by atoms with Crippen LogP contribution in [0, 0.1) is 5.92 Å². The van der Waals surface area contributed by atoms with E-state index in [-0.39, 0.29) is 0 Å². The van der Waals surface area contributed by atoms with Crippen molar-refractivity contribution in [1.82, 2.24) is 5.32 Å². The summed E-state index contributed by atoms with van der Waals surface area (Å²) in [5.41, 5.74) is 0. The van der Waals surface area contributed by atoms with E-state index in [9.17, 15) is 0 Å². The Morgan fingerprint density at radius 2 is 1.86 bits per heavy atom. The van der Waals surface area contributed by atoms with Gasteiger partial charge in [-0.25, -0.2) is 0 Å². The van der Waals surface area contributed by atoms with Gasteiger partial charge in [-0.15, -0.1) is 0 Å². The Labute approximate surface area is 93.4 Å². The molecule has 0 heterocycles. The fourth-order valence-corrected chi connectivity index (χ4v) is 3.27. The molecule has 1 N–H and O–H groups in total. The molecule has 14 heavy (non-hydrogen) atoms. The predicted octanol–water partition coefficient (Wildman–Crippen LogP) is 3.30. The Kier molecular flexibility index (Phi) is 4.78. The summed E-state index contributed by atoms with van der Waals surface area (Å²) in [6.45, 7) is 6.91. The molecule has 1 unspecified atom stereocenters. The Bertz CT molecular complexity index is 156. The van der Waals surface area contributed by atoms with Crippen LogP contribution >= 0.6 is 11.8 Å². The van der Waals surface area contributed by atoms with E-state index in [4.69, 9.17) is 0 Å². The number of nitrogens with one attached hydrogen (secondary N) is 1. The molecule has 1 aliphatic rings. The first kappa shape index (κ1) is 12.4. The summed E-state index contributed by atoms with van der Waals surface area (Å²) in [6, 6.07) is 0.738. The molecule has 0 spiro atoms. The molecule has 0 aliphatic heterocycles. The monoisotopic (exact) mass is 215 g/mol. The van der Waals surface area contributed by atoms with Gasteiger partial charge in [-0.3, -0.25) is 0 Å². The largest absolute Gasteiger partial charge is 0.316 e. The van der Waals surface area contributed by atoms with E-state index in [2.05, 4.69) is 44.9 Å². The summed E-state index contributed by atoms with van der Waals surface area (Å²) >= 11 is 2.09. The molecule has 0 amide bonds. The van der Waals surface area contributed by atoms with Crippen molar-refractivity contribution in [2.24, 2.45) is 5.92 Å². The first-order valence-corrected chi connectivity index (χ1v) is 6.83. The van der Waals surface area contributed by atoms with Gasteiger partial charge in [-0.1, -0.05) is 33.6 Å². The van der Waals surface area contributed by atoms with Crippen LogP contribution in [0.2, 0.25) is 0 Å². The van der Waals surface area contributed by atoms with Crippen molar-refractivity contribution in [2.45, 2.75) is 57.2 Å². The van der Waals surface area contributed by atoms with Gasteiger partial charge in [-0.2, -0.15) is 11.8 Å². The fraction of sp³-hybridized carbons (Fsp3) is 1.00. The molecule has 0 saturated heterocycles. The van der Waals surface area contributed by atoms with E-state index in [0.29, 0.717) is 4.75 Å². The number of rotatable bonds is 4. The predicted molar refractivity (Wildman–Crippen MR) is 67.0 cm³/mol. The van der Waals surface area contributed by atoms with Crippen molar-refractivity contribution in [3.05, 3.63) is 0 Å². The van der Waals surface area contributed by atoms with Crippen LogP contribution in [0.4, 0.5) is 0 Å². The van der Waals surface area contributed by atoms with E-state index < -0.39 is 0 Å². The third-order valence-corrected chi connectivity index (χ3v) is 4.43. The van der Waals surface area contributed by atoms with Crippen molar-refractivity contribution in [3.8, 4) is 0 Å². The molecule has 84 valence electrons. The molecule has 1 aliphatic carbocycles. The average Bonchev–Trinajstić information content (AvgIpc) is 2.56. The maximum Gasteiger partial charge on any atom is 0.0183 e.